The Morgan fingerprint density at radius 3 is 1.00 bits per heavy atom. The zero-order valence-corrected chi connectivity index (χ0v) is 34.6. The van der Waals surface area contributed by atoms with Crippen LogP contribution in [0.1, 0.15) is 0 Å². The first kappa shape index (κ1) is 37.0. The Kier molecular flexibility index (Phi) is 9.01. The lowest BCUT2D eigenvalue weighted by molar-refractivity contribution is 1.19. The highest BCUT2D eigenvalue weighted by atomic mass is 15.1. The van der Waals surface area contributed by atoms with Crippen LogP contribution in [0.3, 0.4) is 0 Å². The van der Waals surface area contributed by atoms with Crippen LogP contribution < -0.4 is 4.90 Å². The third-order valence-electron chi connectivity index (χ3n) is 11.9. The first-order valence-corrected chi connectivity index (χ1v) is 21.4. The van der Waals surface area contributed by atoms with E-state index in [-0.39, 0.29) is 0 Å². The molecule has 64 heavy (non-hydrogen) atoms. The van der Waals surface area contributed by atoms with Crippen LogP contribution in [0.25, 0.3) is 84.5 Å². The van der Waals surface area contributed by atoms with Crippen LogP contribution in [-0.2, 0) is 0 Å². The van der Waals surface area contributed by atoms with Gasteiger partial charge in [-0.2, -0.15) is 0 Å². The molecule has 6 aromatic heterocycles. The van der Waals surface area contributed by atoms with E-state index in [2.05, 4.69) is 237 Å². The summed E-state index contributed by atoms with van der Waals surface area (Å²) in [5.41, 5.74) is 18.0. The van der Waals surface area contributed by atoms with Crippen molar-refractivity contribution in [3.63, 3.8) is 0 Å². The Morgan fingerprint density at radius 2 is 0.609 bits per heavy atom. The number of nitrogens with zero attached hydrogens (tertiary/aromatic N) is 7. The van der Waals surface area contributed by atoms with Gasteiger partial charge in [-0.3, -0.25) is 13.2 Å². The van der Waals surface area contributed by atoms with Crippen molar-refractivity contribution in [2.24, 2.45) is 0 Å². The fourth-order valence-corrected chi connectivity index (χ4v) is 9.01. The smallest absolute Gasteiger partial charge is 0.137 e. The van der Waals surface area contributed by atoms with Crippen LogP contribution in [0.2, 0.25) is 0 Å². The lowest BCUT2D eigenvalue weighted by Crippen LogP contribution is -2.10. The van der Waals surface area contributed by atoms with Gasteiger partial charge in [0, 0.05) is 69.0 Å². The molecule has 0 saturated heterocycles. The molecule has 7 heteroatoms. The van der Waals surface area contributed by atoms with E-state index in [9.17, 15) is 0 Å². The Hall–Kier alpha value is -8.81. The highest BCUT2D eigenvalue weighted by molar-refractivity contribution is 5.89. The van der Waals surface area contributed by atoms with Gasteiger partial charge in [0.15, 0.2) is 0 Å². The molecule has 0 aliphatic rings. The maximum absolute atomic E-state index is 5.24. The SMILES string of the molecule is c1ccc(-c2c(-c3ccc(N(c4cccc(-c5nc6ccccn6c5-c5ccccc5)c4)c4cccc(-c5nc6ccccn6c5-c5ccccc5)c4)cc3)nc3ccccn23)cc1. The lowest BCUT2D eigenvalue weighted by Gasteiger charge is -2.26. The van der Waals surface area contributed by atoms with Crippen LogP contribution in [0, 0.1) is 0 Å². The number of pyridine rings is 3. The van der Waals surface area contributed by atoms with Crippen LogP contribution >= 0.6 is 0 Å². The molecule has 0 atom stereocenters. The van der Waals surface area contributed by atoms with Crippen LogP contribution in [0.4, 0.5) is 17.1 Å². The molecule has 6 heterocycles. The van der Waals surface area contributed by atoms with Gasteiger partial charge in [0.25, 0.3) is 0 Å². The van der Waals surface area contributed by atoms with Gasteiger partial charge in [-0.05, 0) is 72.8 Å². The number of aromatic nitrogens is 6. The van der Waals surface area contributed by atoms with E-state index in [1.54, 1.807) is 0 Å². The van der Waals surface area contributed by atoms with Crippen molar-refractivity contribution >= 4 is 34.0 Å². The topological polar surface area (TPSA) is 55.1 Å². The normalized spacial score (nSPS) is 11.4. The Labute approximate surface area is 370 Å². The summed E-state index contributed by atoms with van der Waals surface area (Å²) in [4.78, 5) is 18.0. The molecular weight excluding hydrogens is 783 g/mol. The summed E-state index contributed by atoms with van der Waals surface area (Å²) in [7, 11) is 0. The number of hydrogen-bond donors (Lipinski definition) is 0. The average molecular weight is 822 g/mol. The van der Waals surface area contributed by atoms with E-state index in [1.807, 2.05) is 18.2 Å². The van der Waals surface area contributed by atoms with Gasteiger partial charge in [-0.15, -0.1) is 0 Å². The van der Waals surface area contributed by atoms with E-state index in [4.69, 9.17) is 15.0 Å². The van der Waals surface area contributed by atoms with E-state index >= 15 is 0 Å². The Morgan fingerprint density at radius 1 is 0.266 bits per heavy atom. The molecular formula is C57H39N7. The molecule has 0 aliphatic carbocycles. The summed E-state index contributed by atoms with van der Waals surface area (Å²) in [5.74, 6) is 0. The third-order valence-corrected chi connectivity index (χ3v) is 11.9. The Bertz CT molecular complexity index is 3450. The van der Waals surface area contributed by atoms with Gasteiger partial charge in [0.05, 0.1) is 34.2 Å². The molecule has 0 spiro atoms. The van der Waals surface area contributed by atoms with Crippen molar-refractivity contribution in [1.29, 1.82) is 0 Å². The van der Waals surface area contributed by atoms with Crippen molar-refractivity contribution in [3.8, 4) is 67.5 Å². The summed E-state index contributed by atoms with van der Waals surface area (Å²) >= 11 is 0. The van der Waals surface area contributed by atoms with Gasteiger partial charge in [0.1, 0.15) is 16.9 Å². The summed E-state index contributed by atoms with van der Waals surface area (Å²) in [6, 6.07) is 76.2. The largest absolute Gasteiger partial charge is 0.310 e. The number of rotatable bonds is 9. The van der Waals surface area contributed by atoms with Crippen LogP contribution in [0.5, 0.6) is 0 Å². The summed E-state index contributed by atoms with van der Waals surface area (Å²) in [5, 5.41) is 0. The second-order valence-electron chi connectivity index (χ2n) is 15.8. The molecule has 6 aromatic carbocycles. The zero-order chi connectivity index (χ0) is 42.4. The molecule has 0 unspecified atom stereocenters. The first-order valence-electron chi connectivity index (χ1n) is 21.4. The molecule has 0 N–H and O–H groups in total. The molecule has 0 radical (unpaired) electrons. The van der Waals surface area contributed by atoms with E-state index < -0.39 is 0 Å². The van der Waals surface area contributed by atoms with Crippen molar-refractivity contribution in [2.75, 3.05) is 4.90 Å². The zero-order valence-electron chi connectivity index (χ0n) is 34.6. The quantitative estimate of drug-likeness (QED) is 0.146. The van der Waals surface area contributed by atoms with Gasteiger partial charge >= 0.3 is 0 Å². The number of imidazole rings is 3. The van der Waals surface area contributed by atoms with Crippen molar-refractivity contribution < 1.29 is 0 Å². The fraction of sp³-hybridized carbons (Fsp3) is 0. The van der Waals surface area contributed by atoms with Gasteiger partial charge < -0.3 is 4.90 Å². The monoisotopic (exact) mass is 821 g/mol. The minimum atomic E-state index is 0.894. The van der Waals surface area contributed by atoms with Gasteiger partial charge in [0.2, 0.25) is 0 Å². The number of hydrogen-bond acceptors (Lipinski definition) is 4. The number of fused-ring (bicyclic) bond motifs is 3. The highest BCUT2D eigenvalue weighted by Gasteiger charge is 2.22. The minimum absolute atomic E-state index is 0.894. The fourth-order valence-electron chi connectivity index (χ4n) is 9.01. The second-order valence-corrected chi connectivity index (χ2v) is 15.8. The second kappa shape index (κ2) is 15.6. The molecule has 12 aromatic rings. The number of benzene rings is 6. The van der Waals surface area contributed by atoms with Crippen molar-refractivity contribution in [1.82, 2.24) is 28.2 Å². The summed E-state index contributed by atoms with van der Waals surface area (Å²) < 4.78 is 6.53. The maximum Gasteiger partial charge on any atom is 0.137 e. The van der Waals surface area contributed by atoms with Crippen molar-refractivity contribution in [3.05, 3.63) is 237 Å². The standard InChI is InChI=1S/C57H39N7/c1-4-18-41(19-5-1)55-52(58-49-28-10-13-35-61(49)55)40-31-33-46(34-32-40)64(47-26-16-24-44(38-47)53-56(42-20-6-2-7-21-42)62-36-14-11-29-50(62)59-53)48-27-17-25-45(39-48)54-57(43-22-8-3-9-23-43)63-37-15-12-30-51(63)60-54/h1-39H. The molecule has 302 valence electrons. The summed E-state index contributed by atoms with van der Waals surface area (Å²) in [6.45, 7) is 0. The Balaban J connectivity index is 1.03. The van der Waals surface area contributed by atoms with E-state index in [1.165, 1.54) is 0 Å². The molecule has 0 saturated carbocycles. The lowest BCUT2D eigenvalue weighted by atomic mass is 10.0. The minimum Gasteiger partial charge on any atom is -0.310 e. The molecule has 0 bridgehead atoms. The predicted octanol–water partition coefficient (Wildman–Crippen LogP) is 14.1. The third kappa shape index (κ3) is 6.42. The molecule has 12 rings (SSSR count). The molecule has 0 aliphatic heterocycles. The molecule has 7 nitrogen and oxygen atoms in total. The van der Waals surface area contributed by atoms with Gasteiger partial charge in [-0.1, -0.05) is 146 Å². The maximum atomic E-state index is 5.24. The molecule has 0 amide bonds. The summed E-state index contributed by atoms with van der Waals surface area (Å²) in [6.07, 6.45) is 6.27. The van der Waals surface area contributed by atoms with Crippen molar-refractivity contribution in [2.45, 2.75) is 0 Å². The molecule has 0 fully saturated rings. The average Bonchev–Trinajstić information content (AvgIpc) is 4.08. The van der Waals surface area contributed by atoms with E-state index in [0.29, 0.717) is 0 Å². The first-order chi connectivity index (χ1) is 31.7. The number of anilines is 3. The van der Waals surface area contributed by atoms with Crippen LogP contribution in [0.15, 0.2) is 237 Å². The predicted molar refractivity (Wildman–Crippen MR) is 260 cm³/mol. The van der Waals surface area contributed by atoms with E-state index in [0.717, 1.165) is 102 Å². The van der Waals surface area contributed by atoms with Gasteiger partial charge in [-0.25, -0.2) is 15.0 Å². The van der Waals surface area contributed by atoms with Crippen LogP contribution in [-0.4, -0.2) is 28.2 Å². The highest BCUT2D eigenvalue weighted by Crippen LogP contribution is 2.42.